The van der Waals surface area contributed by atoms with Crippen LogP contribution >= 0.6 is 20.4 Å². The summed E-state index contributed by atoms with van der Waals surface area (Å²) in [6.45, 7) is 4.86. The van der Waals surface area contributed by atoms with Crippen molar-refractivity contribution in [1.29, 1.82) is 0 Å². The van der Waals surface area contributed by atoms with Gasteiger partial charge in [0.05, 0.1) is 6.61 Å². The molecule has 5 N–H and O–H groups in total. The van der Waals surface area contributed by atoms with Gasteiger partial charge in [0.15, 0.2) is 0 Å². The average molecular weight is 483 g/mol. The van der Waals surface area contributed by atoms with Crippen LogP contribution in [-0.2, 0) is 23.7 Å². The number of ketones is 2. The predicted octanol–water partition coefficient (Wildman–Crippen LogP) is 0.676. The minimum Gasteiger partial charge on any atom is -0.383 e. The highest BCUT2D eigenvalue weighted by Crippen LogP contribution is 2.31. The van der Waals surface area contributed by atoms with Gasteiger partial charge in [0, 0.05) is 55.7 Å². The molecule has 0 saturated carbocycles. The van der Waals surface area contributed by atoms with Gasteiger partial charge in [0.25, 0.3) is 0 Å². The Morgan fingerprint density at radius 2 is 1.68 bits per heavy atom. The average Bonchev–Trinajstić information content (AvgIpc) is 2.68. The van der Waals surface area contributed by atoms with Crippen molar-refractivity contribution >= 4 is 43.7 Å². The second-order valence-electron chi connectivity index (χ2n) is 7.76. The molecule has 0 fully saturated rings. The molecule has 180 valence electrons. The summed E-state index contributed by atoms with van der Waals surface area (Å²) in [5.74, 6) is 0.626. The maximum absolute atomic E-state index is 12.0. The monoisotopic (exact) mass is 482 g/mol. The smallest absolute Gasteiger partial charge is 0.327 e. The fraction of sp³-hybridized carbons (Fsp3) is 0.789. The van der Waals surface area contributed by atoms with Crippen LogP contribution in [0.2, 0.25) is 0 Å². The molecule has 12 heteroatoms. The van der Waals surface area contributed by atoms with Crippen molar-refractivity contribution < 1.29 is 38.6 Å². The summed E-state index contributed by atoms with van der Waals surface area (Å²) < 4.78 is 4.67. The van der Waals surface area contributed by atoms with Crippen LogP contribution in [0.1, 0.15) is 52.9 Å². The van der Waals surface area contributed by atoms with Gasteiger partial charge in [0.1, 0.15) is 17.7 Å². The SMILES string of the molecule is CC(=O)CCCC(=O)CCSCCNC(=O)CCNC(=O)[C@@H](O)C(C)(C)COP(O)O. The number of amides is 2. The van der Waals surface area contributed by atoms with Gasteiger partial charge in [0.2, 0.25) is 11.8 Å². The summed E-state index contributed by atoms with van der Waals surface area (Å²) in [5.41, 5.74) is -1.04. The Balaban J connectivity index is 3.83. The number of carbonyl (C=O) groups is 4. The standard InChI is InChI=1S/C19H35N2O8PS/c1-14(22)5-4-6-15(23)8-11-31-12-10-20-16(24)7-9-21-18(26)17(25)19(2,3)13-29-30(27)28/h17,25,27-28H,4-13H2,1-3H3,(H,20,24)(H,21,26)/t17-/m1/s1. The van der Waals surface area contributed by atoms with Crippen LogP contribution in [0.3, 0.4) is 0 Å². The molecule has 0 aromatic heterocycles. The predicted molar refractivity (Wildman–Crippen MR) is 119 cm³/mol. The molecule has 0 radical (unpaired) electrons. The second-order valence-corrected chi connectivity index (χ2v) is 9.75. The molecule has 0 spiro atoms. The van der Waals surface area contributed by atoms with E-state index in [0.29, 0.717) is 43.7 Å². The van der Waals surface area contributed by atoms with Crippen molar-refractivity contribution in [2.45, 2.75) is 59.0 Å². The number of nitrogens with one attached hydrogen (secondary N) is 2. The van der Waals surface area contributed by atoms with Crippen LogP contribution in [0.25, 0.3) is 0 Å². The summed E-state index contributed by atoms with van der Waals surface area (Å²) in [5, 5.41) is 15.2. The summed E-state index contributed by atoms with van der Waals surface area (Å²) >= 11 is 1.55. The number of aliphatic hydroxyl groups is 1. The van der Waals surface area contributed by atoms with E-state index in [-0.39, 0.29) is 37.0 Å². The highest BCUT2D eigenvalue weighted by atomic mass is 32.2. The molecular weight excluding hydrogens is 447 g/mol. The van der Waals surface area contributed by atoms with Crippen molar-refractivity contribution in [2.24, 2.45) is 5.41 Å². The third-order valence-electron chi connectivity index (χ3n) is 4.27. The topological polar surface area (TPSA) is 162 Å². The maximum atomic E-state index is 12.0. The Kier molecular flexibility index (Phi) is 15.9. The first-order chi connectivity index (χ1) is 14.5. The number of Topliss-reactive ketones (excluding diaryl/α,β-unsaturated/α-hetero) is 2. The van der Waals surface area contributed by atoms with Gasteiger partial charge in [-0.05, 0) is 13.3 Å². The lowest BCUT2D eigenvalue weighted by Gasteiger charge is -2.29. The number of hydrogen-bond acceptors (Lipinski definition) is 9. The van der Waals surface area contributed by atoms with E-state index in [0.717, 1.165) is 0 Å². The third-order valence-corrected chi connectivity index (χ3v) is 5.62. The van der Waals surface area contributed by atoms with Crippen LogP contribution in [0.15, 0.2) is 0 Å². The maximum Gasteiger partial charge on any atom is 0.327 e. The summed E-state index contributed by atoms with van der Waals surface area (Å²) in [7, 11) is -2.57. The Hall–Kier alpha value is -1.10. The first kappa shape index (κ1) is 29.9. The van der Waals surface area contributed by atoms with Crippen LogP contribution < -0.4 is 10.6 Å². The van der Waals surface area contributed by atoms with E-state index in [9.17, 15) is 24.3 Å². The fourth-order valence-corrected chi connectivity index (χ4v) is 3.62. The van der Waals surface area contributed by atoms with Crippen molar-refractivity contribution in [3.05, 3.63) is 0 Å². The van der Waals surface area contributed by atoms with E-state index >= 15 is 0 Å². The van der Waals surface area contributed by atoms with Gasteiger partial charge in [-0.25, -0.2) is 0 Å². The molecule has 0 bridgehead atoms. The van der Waals surface area contributed by atoms with Crippen LogP contribution in [0.4, 0.5) is 0 Å². The van der Waals surface area contributed by atoms with Crippen molar-refractivity contribution in [3.63, 3.8) is 0 Å². The van der Waals surface area contributed by atoms with Crippen molar-refractivity contribution in [3.8, 4) is 0 Å². The molecule has 0 aromatic carbocycles. The third kappa shape index (κ3) is 16.2. The van der Waals surface area contributed by atoms with Gasteiger partial charge < -0.3 is 34.8 Å². The van der Waals surface area contributed by atoms with Gasteiger partial charge in [-0.3, -0.25) is 14.4 Å². The molecule has 0 unspecified atom stereocenters. The lowest BCUT2D eigenvalue weighted by molar-refractivity contribution is -0.136. The van der Waals surface area contributed by atoms with E-state index in [1.807, 2.05) is 0 Å². The zero-order valence-corrected chi connectivity index (χ0v) is 20.1. The summed E-state index contributed by atoms with van der Waals surface area (Å²) in [6, 6.07) is 0. The first-order valence-corrected chi connectivity index (χ1v) is 12.4. The minimum absolute atomic E-state index is 0.0489. The zero-order chi connectivity index (χ0) is 23.9. The normalized spacial score (nSPS) is 12.5. The Bertz CT molecular complexity index is 589. The van der Waals surface area contributed by atoms with Gasteiger partial charge in [-0.2, -0.15) is 11.8 Å². The van der Waals surface area contributed by atoms with Gasteiger partial charge in [-0.15, -0.1) is 0 Å². The lowest BCUT2D eigenvalue weighted by atomic mass is 9.87. The quantitative estimate of drug-likeness (QED) is 0.140. The molecule has 31 heavy (non-hydrogen) atoms. The van der Waals surface area contributed by atoms with E-state index in [1.54, 1.807) is 25.6 Å². The highest BCUT2D eigenvalue weighted by Gasteiger charge is 2.34. The molecule has 0 aliphatic rings. The highest BCUT2D eigenvalue weighted by molar-refractivity contribution is 7.99. The number of thioether (sulfide) groups is 1. The molecule has 0 aliphatic carbocycles. The second kappa shape index (κ2) is 16.5. The number of rotatable bonds is 18. The molecule has 0 heterocycles. The fourth-order valence-electron chi connectivity index (χ4n) is 2.35. The molecule has 0 saturated heterocycles. The van der Waals surface area contributed by atoms with Crippen LogP contribution in [0, 0.1) is 5.41 Å². The Morgan fingerprint density at radius 3 is 2.29 bits per heavy atom. The summed E-state index contributed by atoms with van der Waals surface area (Å²) in [4.78, 5) is 63.8. The van der Waals surface area contributed by atoms with Crippen molar-refractivity contribution in [1.82, 2.24) is 10.6 Å². The minimum atomic E-state index is -2.57. The lowest BCUT2D eigenvalue weighted by Crippen LogP contribution is -2.46. The van der Waals surface area contributed by atoms with E-state index in [4.69, 9.17) is 9.79 Å². The molecular formula is C19H35N2O8PS. The van der Waals surface area contributed by atoms with Crippen LogP contribution in [0.5, 0.6) is 0 Å². The molecule has 1 atom stereocenters. The zero-order valence-electron chi connectivity index (χ0n) is 18.4. The molecule has 0 aliphatic heterocycles. The van der Waals surface area contributed by atoms with Gasteiger partial charge >= 0.3 is 8.60 Å². The van der Waals surface area contributed by atoms with Crippen molar-refractivity contribution in [2.75, 3.05) is 31.2 Å². The van der Waals surface area contributed by atoms with E-state index in [1.165, 1.54) is 6.92 Å². The number of aliphatic hydroxyl groups excluding tert-OH is 1. The van der Waals surface area contributed by atoms with Crippen LogP contribution in [-0.4, -0.2) is 75.6 Å². The van der Waals surface area contributed by atoms with E-state index < -0.39 is 26.0 Å². The number of carbonyl (C=O) groups excluding carboxylic acids is 4. The Labute approximate surface area is 188 Å². The first-order valence-electron chi connectivity index (χ1n) is 10.1. The molecule has 0 rings (SSSR count). The Morgan fingerprint density at radius 1 is 1.00 bits per heavy atom. The molecule has 2 amide bonds. The number of hydrogen-bond donors (Lipinski definition) is 5. The summed E-state index contributed by atoms with van der Waals surface area (Å²) in [6.07, 6.45) is 0.515. The van der Waals surface area contributed by atoms with E-state index in [2.05, 4.69) is 15.2 Å². The van der Waals surface area contributed by atoms with Gasteiger partial charge in [-0.1, -0.05) is 13.8 Å². The molecule has 10 nitrogen and oxygen atoms in total. The largest absolute Gasteiger partial charge is 0.383 e. The molecule has 0 aromatic rings.